The van der Waals surface area contributed by atoms with Crippen molar-refractivity contribution >= 4 is 28.4 Å². The van der Waals surface area contributed by atoms with Crippen molar-refractivity contribution in [3.8, 4) is 0 Å². The van der Waals surface area contributed by atoms with E-state index in [1.807, 2.05) is 0 Å². The number of hydrogen-bond donors (Lipinski definition) is 2. The Balaban J connectivity index is 1.69. The molecule has 9 nitrogen and oxygen atoms in total. The van der Waals surface area contributed by atoms with Crippen LogP contribution in [0.1, 0.15) is 21.6 Å². The number of aromatic amines is 1. The van der Waals surface area contributed by atoms with E-state index in [1.54, 1.807) is 35.0 Å². The fourth-order valence-electron chi connectivity index (χ4n) is 3.38. The fraction of sp³-hybridized carbons (Fsp3) is 0.136. The molecule has 0 aliphatic rings. The van der Waals surface area contributed by atoms with Crippen LogP contribution in [0.3, 0.4) is 0 Å². The molecule has 0 aliphatic carbocycles. The standard InChI is InChI=1S/C22H18FN5O4/c1-12-17(21(31)27(2)22(32)25-12)26-20(30)18(29)16-11-28(19-15(16)4-3-9-24-19)10-13-5-7-14(23)8-6-13/h3-9,11H,10H2,1-2H3,(H,25,32)(H,26,30). The third-order valence-corrected chi connectivity index (χ3v) is 5.08. The van der Waals surface area contributed by atoms with Gasteiger partial charge in [0.15, 0.2) is 0 Å². The number of ketones is 1. The maximum atomic E-state index is 13.2. The Morgan fingerprint density at radius 2 is 1.88 bits per heavy atom. The summed E-state index contributed by atoms with van der Waals surface area (Å²) in [5.74, 6) is -2.25. The molecule has 0 bridgehead atoms. The lowest BCUT2D eigenvalue weighted by Gasteiger charge is -2.08. The fourth-order valence-corrected chi connectivity index (χ4v) is 3.38. The number of carbonyl (C=O) groups is 2. The largest absolute Gasteiger partial charge is 0.328 e. The minimum absolute atomic E-state index is 0.103. The minimum atomic E-state index is -1.03. The van der Waals surface area contributed by atoms with Crippen molar-refractivity contribution in [3.05, 3.63) is 92.3 Å². The van der Waals surface area contributed by atoms with E-state index >= 15 is 0 Å². The Morgan fingerprint density at radius 3 is 2.59 bits per heavy atom. The first kappa shape index (κ1) is 20.9. The molecule has 0 fully saturated rings. The molecular formula is C22H18FN5O4. The van der Waals surface area contributed by atoms with E-state index in [0.717, 1.165) is 10.1 Å². The topological polar surface area (TPSA) is 119 Å². The molecule has 0 unspecified atom stereocenters. The number of benzene rings is 1. The van der Waals surface area contributed by atoms with Crippen LogP contribution in [0, 0.1) is 12.7 Å². The Morgan fingerprint density at radius 1 is 1.16 bits per heavy atom. The number of aromatic nitrogens is 4. The number of H-pyrrole nitrogens is 1. The zero-order valence-electron chi connectivity index (χ0n) is 17.2. The van der Waals surface area contributed by atoms with Gasteiger partial charge in [0, 0.05) is 37.1 Å². The van der Waals surface area contributed by atoms with Crippen LogP contribution in [0.2, 0.25) is 0 Å². The molecule has 0 spiro atoms. The van der Waals surface area contributed by atoms with E-state index in [0.29, 0.717) is 17.6 Å². The van der Waals surface area contributed by atoms with Crippen molar-refractivity contribution < 1.29 is 14.0 Å². The maximum Gasteiger partial charge on any atom is 0.328 e. The Kier molecular flexibility index (Phi) is 5.27. The average Bonchev–Trinajstić information content (AvgIpc) is 3.14. The highest BCUT2D eigenvalue weighted by atomic mass is 19.1. The third-order valence-electron chi connectivity index (χ3n) is 5.08. The van der Waals surface area contributed by atoms with Gasteiger partial charge >= 0.3 is 5.69 Å². The summed E-state index contributed by atoms with van der Waals surface area (Å²) in [6.07, 6.45) is 3.06. The average molecular weight is 435 g/mol. The number of anilines is 1. The molecule has 0 aliphatic heterocycles. The van der Waals surface area contributed by atoms with Gasteiger partial charge in [0.05, 0.1) is 5.56 Å². The number of carbonyl (C=O) groups excluding carboxylic acids is 2. The van der Waals surface area contributed by atoms with E-state index in [1.165, 1.54) is 32.3 Å². The molecule has 2 N–H and O–H groups in total. The number of amides is 1. The van der Waals surface area contributed by atoms with Crippen molar-refractivity contribution in [1.29, 1.82) is 0 Å². The van der Waals surface area contributed by atoms with E-state index in [-0.39, 0.29) is 22.8 Å². The summed E-state index contributed by atoms with van der Waals surface area (Å²) in [4.78, 5) is 56.4. The normalized spacial score (nSPS) is 11.0. The molecule has 1 amide bonds. The third kappa shape index (κ3) is 3.73. The van der Waals surface area contributed by atoms with Crippen molar-refractivity contribution in [1.82, 2.24) is 19.1 Å². The van der Waals surface area contributed by atoms with Gasteiger partial charge in [0.1, 0.15) is 17.2 Å². The number of halogens is 1. The Bertz CT molecular complexity index is 1480. The molecule has 3 aromatic heterocycles. The van der Waals surface area contributed by atoms with Gasteiger partial charge in [-0.25, -0.2) is 14.2 Å². The van der Waals surface area contributed by atoms with Crippen molar-refractivity contribution in [2.75, 3.05) is 5.32 Å². The van der Waals surface area contributed by atoms with E-state index in [2.05, 4.69) is 15.3 Å². The molecule has 0 radical (unpaired) electrons. The van der Waals surface area contributed by atoms with Gasteiger partial charge in [-0.2, -0.15) is 0 Å². The summed E-state index contributed by atoms with van der Waals surface area (Å²) in [6.45, 7) is 1.75. The summed E-state index contributed by atoms with van der Waals surface area (Å²) >= 11 is 0. The number of nitrogens with one attached hydrogen (secondary N) is 2. The molecule has 0 atom stereocenters. The number of hydrogen-bond acceptors (Lipinski definition) is 5. The Hall–Kier alpha value is -4.34. The van der Waals surface area contributed by atoms with Crippen LogP contribution in [-0.4, -0.2) is 30.8 Å². The molecule has 0 saturated heterocycles. The van der Waals surface area contributed by atoms with E-state index in [4.69, 9.17) is 0 Å². The van der Waals surface area contributed by atoms with Crippen molar-refractivity contribution in [2.24, 2.45) is 7.05 Å². The predicted octanol–water partition coefficient (Wildman–Crippen LogP) is 1.74. The summed E-state index contributed by atoms with van der Waals surface area (Å²) in [5, 5.41) is 2.77. The van der Waals surface area contributed by atoms with Crippen LogP contribution in [-0.2, 0) is 18.4 Å². The van der Waals surface area contributed by atoms with Crippen molar-refractivity contribution in [3.63, 3.8) is 0 Å². The van der Waals surface area contributed by atoms with Crippen LogP contribution < -0.4 is 16.6 Å². The zero-order valence-corrected chi connectivity index (χ0v) is 17.2. The summed E-state index contributed by atoms with van der Waals surface area (Å²) in [7, 11) is 1.26. The van der Waals surface area contributed by atoms with Gasteiger partial charge in [-0.1, -0.05) is 12.1 Å². The second kappa shape index (κ2) is 8.06. The summed E-state index contributed by atoms with van der Waals surface area (Å²) in [5.41, 5.74) is -0.0432. The number of nitrogens with zero attached hydrogens (tertiary/aromatic N) is 3. The minimum Gasteiger partial charge on any atom is -0.327 e. The number of fused-ring (bicyclic) bond motifs is 1. The highest BCUT2D eigenvalue weighted by molar-refractivity contribution is 6.48. The van der Waals surface area contributed by atoms with Crippen LogP contribution in [0.4, 0.5) is 10.1 Å². The van der Waals surface area contributed by atoms with Gasteiger partial charge < -0.3 is 14.9 Å². The van der Waals surface area contributed by atoms with Gasteiger partial charge in [-0.15, -0.1) is 0 Å². The van der Waals surface area contributed by atoms with Gasteiger partial charge in [-0.3, -0.25) is 19.0 Å². The van der Waals surface area contributed by atoms with Gasteiger partial charge in [0.2, 0.25) is 0 Å². The van der Waals surface area contributed by atoms with Crippen LogP contribution >= 0.6 is 0 Å². The maximum absolute atomic E-state index is 13.2. The Labute approximate surface area is 180 Å². The lowest BCUT2D eigenvalue weighted by molar-refractivity contribution is -0.112. The first-order valence-electron chi connectivity index (χ1n) is 9.60. The zero-order chi connectivity index (χ0) is 23.0. The first-order chi connectivity index (χ1) is 15.3. The number of Topliss-reactive ketones (excluding diaryl/α,β-unsaturated/α-hetero) is 1. The number of rotatable bonds is 5. The summed E-state index contributed by atoms with van der Waals surface area (Å²) < 4.78 is 15.7. The molecular weight excluding hydrogens is 417 g/mol. The number of aryl methyl sites for hydroxylation is 1. The molecule has 1 aromatic carbocycles. The molecule has 162 valence electrons. The van der Waals surface area contributed by atoms with Crippen LogP contribution in [0.25, 0.3) is 11.0 Å². The lowest BCUT2D eigenvalue weighted by Crippen LogP contribution is -2.37. The molecule has 4 rings (SSSR count). The number of pyridine rings is 1. The first-order valence-corrected chi connectivity index (χ1v) is 9.60. The molecule has 4 aromatic rings. The highest BCUT2D eigenvalue weighted by Gasteiger charge is 2.24. The molecule has 0 saturated carbocycles. The second-order valence-corrected chi connectivity index (χ2v) is 7.25. The van der Waals surface area contributed by atoms with Gasteiger partial charge in [0.25, 0.3) is 17.2 Å². The van der Waals surface area contributed by atoms with E-state index in [9.17, 15) is 23.6 Å². The lowest BCUT2D eigenvalue weighted by atomic mass is 10.1. The molecule has 10 heteroatoms. The van der Waals surface area contributed by atoms with Gasteiger partial charge in [-0.05, 0) is 36.8 Å². The quantitative estimate of drug-likeness (QED) is 0.366. The molecule has 3 heterocycles. The SMILES string of the molecule is Cc1[nH]c(=O)n(C)c(=O)c1NC(=O)C(=O)c1cn(Cc2ccc(F)cc2)c2ncccc12. The second-order valence-electron chi connectivity index (χ2n) is 7.25. The highest BCUT2D eigenvalue weighted by Crippen LogP contribution is 2.22. The van der Waals surface area contributed by atoms with Crippen molar-refractivity contribution in [2.45, 2.75) is 13.5 Å². The smallest absolute Gasteiger partial charge is 0.327 e. The summed E-state index contributed by atoms with van der Waals surface area (Å²) in [6, 6.07) is 9.21. The monoisotopic (exact) mass is 435 g/mol. The van der Waals surface area contributed by atoms with Crippen LogP contribution in [0.15, 0.2) is 58.4 Å². The molecule has 32 heavy (non-hydrogen) atoms. The van der Waals surface area contributed by atoms with Crippen LogP contribution in [0.5, 0.6) is 0 Å². The predicted molar refractivity (Wildman–Crippen MR) is 115 cm³/mol. The van der Waals surface area contributed by atoms with E-state index < -0.39 is 22.9 Å².